The van der Waals surface area contributed by atoms with Crippen LogP contribution in [0.5, 0.6) is 0 Å². The van der Waals surface area contributed by atoms with Gasteiger partial charge in [0, 0.05) is 26.2 Å². The molecule has 0 radical (unpaired) electrons. The lowest BCUT2D eigenvalue weighted by atomic mass is 10.1. The minimum absolute atomic E-state index is 0.0731. The van der Waals surface area contributed by atoms with E-state index in [0.29, 0.717) is 19.3 Å². The molecule has 2 N–H and O–H groups in total. The first kappa shape index (κ1) is 26.7. The monoisotopic (exact) mass is 483 g/mol. The number of ether oxygens (including phenoxy) is 1. The smallest absolute Gasteiger partial charge is 0.216 e. The second kappa shape index (κ2) is 10.6. The summed E-state index contributed by atoms with van der Waals surface area (Å²) in [5, 5.41) is 2.43. The molecule has 1 saturated heterocycles. The molecule has 0 saturated carbocycles. The molecule has 1 aliphatic heterocycles. The van der Waals surface area contributed by atoms with Gasteiger partial charge in [-0.2, -0.15) is 0 Å². The molecule has 6 nitrogen and oxygen atoms in total. The van der Waals surface area contributed by atoms with E-state index in [1.165, 1.54) is 4.90 Å². The zero-order chi connectivity index (χ0) is 24.3. The average molecular weight is 484 g/mol. The maximum atomic E-state index is 14.7. The van der Waals surface area contributed by atoms with Crippen molar-refractivity contribution in [3.05, 3.63) is 23.3 Å². The predicted octanol–water partition coefficient (Wildman–Crippen LogP) is 4.16. The third kappa shape index (κ3) is 6.26. The van der Waals surface area contributed by atoms with Crippen LogP contribution < -0.4 is 14.9 Å². The van der Waals surface area contributed by atoms with Crippen LogP contribution in [-0.4, -0.2) is 51.6 Å². The zero-order valence-corrected chi connectivity index (χ0v) is 20.0. The normalized spacial score (nSPS) is 20.0. The molecular formula is C21H33F4N3O3S. The van der Waals surface area contributed by atoms with E-state index in [-0.39, 0.29) is 38.4 Å². The predicted molar refractivity (Wildman–Crippen MR) is 118 cm³/mol. The van der Waals surface area contributed by atoms with Crippen molar-refractivity contribution in [2.75, 3.05) is 36.4 Å². The molecule has 1 aromatic carbocycles. The summed E-state index contributed by atoms with van der Waals surface area (Å²) in [6.45, 7) is 8.74. The van der Waals surface area contributed by atoms with Crippen molar-refractivity contribution in [2.45, 2.75) is 70.8 Å². The SMILES string of the molecule is C[C@@H]1CN(c2c(F)c(F)c(NCCCCCNS(=O)(=O)C(C)(C)C)c(F)c2F)C[C@H](C)O1. The quantitative estimate of drug-likeness (QED) is 0.314. The van der Waals surface area contributed by atoms with E-state index in [1.54, 1.807) is 34.6 Å². The topological polar surface area (TPSA) is 70.7 Å². The first-order valence-corrected chi connectivity index (χ1v) is 12.2. The number of nitrogens with one attached hydrogen (secondary N) is 2. The van der Waals surface area contributed by atoms with Gasteiger partial charge in [0.15, 0.2) is 23.3 Å². The second-order valence-electron chi connectivity index (χ2n) is 9.14. The highest BCUT2D eigenvalue weighted by Gasteiger charge is 2.32. The van der Waals surface area contributed by atoms with Crippen LogP contribution in [0.15, 0.2) is 0 Å². The van der Waals surface area contributed by atoms with Crippen LogP contribution >= 0.6 is 0 Å². The summed E-state index contributed by atoms with van der Waals surface area (Å²) in [6.07, 6.45) is 0.815. The summed E-state index contributed by atoms with van der Waals surface area (Å²) in [5.41, 5.74) is -1.56. The van der Waals surface area contributed by atoms with Gasteiger partial charge >= 0.3 is 0 Å². The van der Waals surface area contributed by atoms with Gasteiger partial charge in [0.25, 0.3) is 0 Å². The summed E-state index contributed by atoms with van der Waals surface area (Å²) < 4.78 is 89.4. The van der Waals surface area contributed by atoms with Crippen LogP contribution in [0.1, 0.15) is 53.9 Å². The van der Waals surface area contributed by atoms with Crippen molar-refractivity contribution in [2.24, 2.45) is 0 Å². The molecule has 2 atom stereocenters. The number of rotatable bonds is 9. The highest BCUT2D eigenvalue weighted by molar-refractivity contribution is 7.90. The van der Waals surface area contributed by atoms with Gasteiger partial charge in [-0.15, -0.1) is 0 Å². The molecule has 1 heterocycles. The Labute approximate surface area is 187 Å². The summed E-state index contributed by atoms with van der Waals surface area (Å²) in [6, 6.07) is 0. The molecule has 0 amide bonds. The maximum absolute atomic E-state index is 14.7. The standard InChI is InChI=1S/C21H33F4N3O3S/c1-13-11-28(12-14(2)31-13)20-17(24)15(22)19(16(23)18(20)25)26-9-7-6-8-10-27-32(29,30)21(3,4)5/h13-14,26-27H,6-12H2,1-5H3/t13-,14+. The summed E-state index contributed by atoms with van der Waals surface area (Å²) in [5.74, 6) is -5.82. The van der Waals surface area contributed by atoms with Gasteiger partial charge in [-0.1, -0.05) is 6.42 Å². The highest BCUT2D eigenvalue weighted by atomic mass is 32.2. The fourth-order valence-corrected chi connectivity index (χ4v) is 4.32. The molecule has 0 aliphatic carbocycles. The second-order valence-corrected chi connectivity index (χ2v) is 11.7. The first-order valence-electron chi connectivity index (χ1n) is 10.8. The number of hydrogen-bond donors (Lipinski definition) is 2. The van der Waals surface area contributed by atoms with E-state index in [9.17, 15) is 26.0 Å². The number of anilines is 2. The lowest BCUT2D eigenvalue weighted by molar-refractivity contribution is -0.00565. The van der Waals surface area contributed by atoms with E-state index in [2.05, 4.69) is 10.0 Å². The van der Waals surface area contributed by atoms with E-state index in [0.717, 1.165) is 0 Å². The summed E-state index contributed by atoms with van der Waals surface area (Å²) >= 11 is 0. The third-order valence-corrected chi connectivity index (χ3v) is 7.43. The van der Waals surface area contributed by atoms with E-state index in [4.69, 9.17) is 4.74 Å². The fraction of sp³-hybridized carbons (Fsp3) is 0.714. The van der Waals surface area contributed by atoms with Gasteiger partial charge < -0.3 is 15.0 Å². The molecule has 0 aromatic heterocycles. The molecule has 32 heavy (non-hydrogen) atoms. The molecule has 1 aromatic rings. The minimum Gasteiger partial charge on any atom is -0.380 e. The van der Waals surface area contributed by atoms with Gasteiger partial charge in [0.05, 0.1) is 17.0 Å². The maximum Gasteiger partial charge on any atom is 0.216 e. The Bertz CT molecular complexity index is 868. The van der Waals surface area contributed by atoms with Crippen molar-refractivity contribution in [1.29, 1.82) is 0 Å². The molecule has 2 rings (SSSR count). The number of hydrogen-bond acceptors (Lipinski definition) is 5. The fourth-order valence-electron chi connectivity index (χ4n) is 3.48. The van der Waals surface area contributed by atoms with Gasteiger partial charge in [-0.25, -0.2) is 30.7 Å². The van der Waals surface area contributed by atoms with Crippen LogP contribution in [0, 0.1) is 23.3 Å². The number of halogens is 4. The van der Waals surface area contributed by atoms with Crippen LogP contribution in [0.3, 0.4) is 0 Å². The van der Waals surface area contributed by atoms with Crippen molar-refractivity contribution >= 4 is 21.4 Å². The van der Waals surface area contributed by atoms with Crippen LogP contribution in [-0.2, 0) is 14.8 Å². The van der Waals surface area contributed by atoms with Gasteiger partial charge in [0.2, 0.25) is 10.0 Å². The molecule has 0 unspecified atom stereocenters. The van der Waals surface area contributed by atoms with Crippen molar-refractivity contribution in [3.8, 4) is 0 Å². The van der Waals surface area contributed by atoms with Crippen LogP contribution in [0.2, 0.25) is 0 Å². The lowest BCUT2D eigenvalue weighted by Crippen LogP contribution is -2.46. The van der Waals surface area contributed by atoms with Crippen LogP contribution in [0.4, 0.5) is 28.9 Å². The highest BCUT2D eigenvalue weighted by Crippen LogP contribution is 2.35. The Hall–Kier alpha value is -1.59. The van der Waals surface area contributed by atoms with E-state index < -0.39 is 49.4 Å². The molecule has 0 spiro atoms. The Kier molecular flexibility index (Phi) is 8.80. The van der Waals surface area contributed by atoms with E-state index in [1.807, 2.05) is 0 Å². The molecule has 1 aliphatic rings. The molecule has 0 bridgehead atoms. The lowest BCUT2D eigenvalue weighted by Gasteiger charge is -2.37. The minimum atomic E-state index is -3.43. The average Bonchev–Trinajstić information content (AvgIpc) is 2.66. The Morgan fingerprint density at radius 2 is 1.41 bits per heavy atom. The van der Waals surface area contributed by atoms with Gasteiger partial charge in [-0.05, 0) is 47.5 Å². The van der Waals surface area contributed by atoms with E-state index >= 15 is 0 Å². The number of morpholine rings is 1. The first-order chi connectivity index (χ1) is 14.8. The third-order valence-electron chi connectivity index (χ3n) is 5.23. The number of nitrogens with zero attached hydrogens (tertiary/aromatic N) is 1. The summed E-state index contributed by atoms with van der Waals surface area (Å²) in [4.78, 5) is 1.26. The molecule has 11 heteroatoms. The Morgan fingerprint density at radius 1 is 0.906 bits per heavy atom. The van der Waals surface area contributed by atoms with Gasteiger partial charge in [0.1, 0.15) is 11.4 Å². The molecule has 1 fully saturated rings. The number of benzene rings is 1. The van der Waals surface area contributed by atoms with Crippen molar-refractivity contribution in [3.63, 3.8) is 0 Å². The van der Waals surface area contributed by atoms with Gasteiger partial charge in [-0.3, -0.25) is 0 Å². The number of sulfonamides is 1. The summed E-state index contributed by atoms with van der Waals surface area (Å²) in [7, 11) is -3.43. The largest absolute Gasteiger partial charge is 0.380 e. The number of unbranched alkanes of at least 4 members (excludes halogenated alkanes) is 2. The molecule has 184 valence electrons. The zero-order valence-electron chi connectivity index (χ0n) is 19.2. The Balaban J connectivity index is 1.95. The Morgan fingerprint density at radius 3 is 1.91 bits per heavy atom. The van der Waals surface area contributed by atoms with Crippen molar-refractivity contribution < 1.29 is 30.7 Å². The van der Waals surface area contributed by atoms with Crippen molar-refractivity contribution in [1.82, 2.24) is 4.72 Å². The molecular weight excluding hydrogens is 450 g/mol. The van der Waals surface area contributed by atoms with Crippen LogP contribution in [0.25, 0.3) is 0 Å².